The number of rotatable bonds is 7. The van der Waals surface area contributed by atoms with Crippen molar-refractivity contribution in [3.8, 4) is 0 Å². The van der Waals surface area contributed by atoms with Gasteiger partial charge >= 0.3 is 5.97 Å². The molecule has 3 aromatic rings. The lowest BCUT2D eigenvalue weighted by Gasteiger charge is -2.29. The fraction of sp³-hybridized carbons (Fsp3) is 0.250. The highest BCUT2D eigenvalue weighted by molar-refractivity contribution is 7.99. The lowest BCUT2D eigenvalue weighted by molar-refractivity contribution is -0.113. The van der Waals surface area contributed by atoms with Crippen molar-refractivity contribution >= 4 is 35.3 Å². The summed E-state index contributed by atoms with van der Waals surface area (Å²) in [5.74, 6) is -0.0713. The van der Waals surface area contributed by atoms with E-state index in [1.54, 1.807) is 29.8 Å². The number of nitrogens with one attached hydrogen (secondary N) is 2. The summed E-state index contributed by atoms with van der Waals surface area (Å²) in [5.41, 5.74) is 3.24. The Hall–Kier alpha value is -3.59. The van der Waals surface area contributed by atoms with Crippen LogP contribution in [0.5, 0.6) is 0 Å². The van der Waals surface area contributed by atoms with E-state index >= 15 is 0 Å². The highest BCUT2D eigenvalue weighted by atomic mass is 32.2. The zero-order valence-corrected chi connectivity index (χ0v) is 19.4. The first-order valence-electron chi connectivity index (χ1n) is 10.7. The molecule has 1 unspecified atom stereocenters. The molecule has 170 valence electrons. The minimum Gasteiger partial charge on any atom is -0.478 e. The van der Waals surface area contributed by atoms with Gasteiger partial charge in [-0.2, -0.15) is 4.98 Å². The SMILES string of the molecule is CCCSc1nc2n(n1)C(c1ccccc1C(=O)O)C(C(=O)Nc1cccc(C)c1)=C(C)N2. The molecular weight excluding hydrogens is 438 g/mol. The molecule has 0 fully saturated rings. The van der Waals surface area contributed by atoms with Crippen LogP contribution in [0.1, 0.15) is 47.8 Å². The summed E-state index contributed by atoms with van der Waals surface area (Å²) in [5, 5.41) is 21.2. The van der Waals surface area contributed by atoms with Crippen molar-refractivity contribution in [2.24, 2.45) is 0 Å². The first kappa shape index (κ1) is 22.6. The van der Waals surface area contributed by atoms with Crippen LogP contribution in [0.2, 0.25) is 0 Å². The number of allylic oxidation sites excluding steroid dienone is 1. The summed E-state index contributed by atoms with van der Waals surface area (Å²) >= 11 is 1.52. The molecule has 2 heterocycles. The maximum absolute atomic E-state index is 13.5. The number of carboxylic acids is 1. The second-order valence-corrected chi connectivity index (χ2v) is 8.86. The molecule has 1 aliphatic rings. The van der Waals surface area contributed by atoms with E-state index in [0.29, 0.717) is 33.6 Å². The van der Waals surface area contributed by atoms with Crippen LogP contribution in [0.3, 0.4) is 0 Å². The molecule has 3 N–H and O–H groups in total. The van der Waals surface area contributed by atoms with Gasteiger partial charge in [0.1, 0.15) is 6.04 Å². The molecule has 0 saturated heterocycles. The Morgan fingerprint density at radius 1 is 1.18 bits per heavy atom. The molecule has 1 aromatic heterocycles. The molecule has 9 heteroatoms. The van der Waals surface area contributed by atoms with Gasteiger partial charge in [0.15, 0.2) is 0 Å². The zero-order chi connectivity index (χ0) is 23.5. The number of thioether (sulfide) groups is 1. The standard InChI is InChI=1S/C24H25N5O3S/c1-4-12-33-24-27-23-25-15(3)19(21(30)26-16-9-7-8-14(2)13-16)20(29(23)28-24)17-10-5-6-11-18(17)22(31)32/h5-11,13,20H,4,12H2,1-3H3,(H,26,30)(H,31,32)(H,25,27,28). The number of hydrogen-bond acceptors (Lipinski definition) is 6. The Bertz CT molecular complexity index is 1250. The second kappa shape index (κ2) is 9.50. The quantitative estimate of drug-likeness (QED) is 0.435. The number of aromatic nitrogens is 3. The van der Waals surface area contributed by atoms with Crippen molar-refractivity contribution in [3.05, 3.63) is 76.5 Å². The Morgan fingerprint density at radius 3 is 2.70 bits per heavy atom. The van der Waals surface area contributed by atoms with Crippen LogP contribution in [0, 0.1) is 6.92 Å². The normalized spacial score (nSPS) is 15.1. The summed E-state index contributed by atoms with van der Waals surface area (Å²) in [6, 6.07) is 13.5. The van der Waals surface area contributed by atoms with E-state index in [-0.39, 0.29) is 11.5 Å². The van der Waals surface area contributed by atoms with Gasteiger partial charge in [-0.05, 0) is 49.6 Å². The highest BCUT2D eigenvalue weighted by Gasteiger charge is 2.36. The first-order chi connectivity index (χ1) is 15.9. The molecular formula is C24H25N5O3S. The number of benzene rings is 2. The molecule has 0 saturated carbocycles. The second-order valence-electron chi connectivity index (χ2n) is 7.79. The molecule has 1 aliphatic heterocycles. The summed E-state index contributed by atoms with van der Waals surface area (Å²) in [7, 11) is 0. The number of aromatic carboxylic acids is 1. The van der Waals surface area contributed by atoms with Crippen molar-refractivity contribution < 1.29 is 14.7 Å². The van der Waals surface area contributed by atoms with Crippen LogP contribution in [0.15, 0.2) is 65.0 Å². The van der Waals surface area contributed by atoms with Gasteiger partial charge in [0, 0.05) is 17.1 Å². The number of carboxylic acid groups (broad SMARTS) is 1. The maximum atomic E-state index is 13.5. The van der Waals surface area contributed by atoms with Gasteiger partial charge in [0.2, 0.25) is 11.1 Å². The molecule has 1 amide bonds. The molecule has 1 atom stereocenters. The average Bonchev–Trinajstić information content (AvgIpc) is 3.18. The number of fused-ring (bicyclic) bond motifs is 1. The number of anilines is 2. The van der Waals surface area contributed by atoms with Crippen LogP contribution in [0.4, 0.5) is 11.6 Å². The number of carbonyl (C=O) groups excluding carboxylic acids is 1. The van der Waals surface area contributed by atoms with Crippen LogP contribution in [-0.2, 0) is 4.79 Å². The van der Waals surface area contributed by atoms with E-state index in [2.05, 4.69) is 27.6 Å². The third-order valence-electron chi connectivity index (χ3n) is 5.27. The van der Waals surface area contributed by atoms with Gasteiger partial charge in [-0.1, -0.05) is 49.0 Å². The van der Waals surface area contributed by atoms with Gasteiger partial charge in [-0.25, -0.2) is 9.48 Å². The fourth-order valence-electron chi connectivity index (χ4n) is 3.82. The van der Waals surface area contributed by atoms with Crippen LogP contribution >= 0.6 is 11.8 Å². The summed E-state index contributed by atoms with van der Waals surface area (Å²) in [6.07, 6.45) is 0.967. The van der Waals surface area contributed by atoms with E-state index in [9.17, 15) is 14.7 Å². The van der Waals surface area contributed by atoms with Crippen molar-refractivity contribution in [2.45, 2.75) is 38.4 Å². The molecule has 4 rings (SSSR count). The minimum absolute atomic E-state index is 0.113. The zero-order valence-electron chi connectivity index (χ0n) is 18.6. The van der Waals surface area contributed by atoms with E-state index in [4.69, 9.17) is 0 Å². The molecule has 0 bridgehead atoms. The van der Waals surface area contributed by atoms with Crippen molar-refractivity contribution in [1.29, 1.82) is 0 Å². The van der Waals surface area contributed by atoms with Crippen molar-refractivity contribution in [3.63, 3.8) is 0 Å². The molecule has 0 aliphatic carbocycles. The molecule has 0 radical (unpaired) electrons. The number of hydrogen-bond donors (Lipinski definition) is 3. The Morgan fingerprint density at radius 2 is 1.97 bits per heavy atom. The molecule has 8 nitrogen and oxygen atoms in total. The topological polar surface area (TPSA) is 109 Å². The number of amides is 1. The van der Waals surface area contributed by atoms with Gasteiger partial charge in [0.25, 0.3) is 5.91 Å². The summed E-state index contributed by atoms with van der Waals surface area (Å²) in [4.78, 5) is 30.1. The minimum atomic E-state index is -1.07. The van der Waals surface area contributed by atoms with Crippen LogP contribution < -0.4 is 10.6 Å². The van der Waals surface area contributed by atoms with Crippen molar-refractivity contribution in [1.82, 2.24) is 14.8 Å². The third-order valence-corrected chi connectivity index (χ3v) is 6.32. The van der Waals surface area contributed by atoms with Crippen molar-refractivity contribution in [2.75, 3.05) is 16.4 Å². The number of carbonyl (C=O) groups is 2. The number of aryl methyl sites for hydroxylation is 1. The molecule has 33 heavy (non-hydrogen) atoms. The summed E-state index contributed by atoms with van der Waals surface area (Å²) in [6.45, 7) is 5.82. The lowest BCUT2D eigenvalue weighted by Crippen LogP contribution is -2.32. The number of nitrogens with zero attached hydrogens (tertiary/aromatic N) is 3. The van der Waals surface area contributed by atoms with E-state index in [1.165, 1.54) is 17.8 Å². The van der Waals surface area contributed by atoms with Gasteiger partial charge in [-0.15, -0.1) is 5.10 Å². The molecule has 0 spiro atoms. The average molecular weight is 464 g/mol. The third kappa shape index (κ3) is 4.63. The monoisotopic (exact) mass is 463 g/mol. The van der Waals surface area contributed by atoms with Gasteiger partial charge in [0.05, 0.1) is 11.1 Å². The Labute approximate surface area is 196 Å². The van der Waals surface area contributed by atoms with Crippen LogP contribution in [-0.4, -0.2) is 37.5 Å². The van der Waals surface area contributed by atoms with Gasteiger partial charge in [-0.3, -0.25) is 4.79 Å². The predicted octanol–water partition coefficient (Wildman–Crippen LogP) is 4.71. The Balaban J connectivity index is 1.82. The summed E-state index contributed by atoms with van der Waals surface area (Å²) < 4.78 is 1.61. The largest absolute Gasteiger partial charge is 0.478 e. The first-order valence-corrected chi connectivity index (χ1v) is 11.6. The molecule has 2 aromatic carbocycles. The Kier molecular flexibility index (Phi) is 6.50. The van der Waals surface area contributed by atoms with E-state index in [0.717, 1.165) is 17.7 Å². The van der Waals surface area contributed by atoms with Gasteiger partial charge < -0.3 is 15.7 Å². The fourth-order valence-corrected chi connectivity index (χ4v) is 4.50. The maximum Gasteiger partial charge on any atom is 0.336 e. The highest BCUT2D eigenvalue weighted by Crippen LogP contribution is 2.38. The van der Waals surface area contributed by atoms with Crippen LogP contribution in [0.25, 0.3) is 0 Å². The van der Waals surface area contributed by atoms with E-state index < -0.39 is 12.0 Å². The van der Waals surface area contributed by atoms with E-state index in [1.807, 2.05) is 31.2 Å². The smallest absolute Gasteiger partial charge is 0.336 e. The lowest BCUT2D eigenvalue weighted by atomic mass is 9.91. The predicted molar refractivity (Wildman–Crippen MR) is 129 cm³/mol.